The van der Waals surface area contributed by atoms with E-state index in [4.69, 9.17) is 0 Å². The lowest BCUT2D eigenvalue weighted by Gasteiger charge is -2.41. The van der Waals surface area contributed by atoms with Gasteiger partial charge in [0.1, 0.15) is 5.82 Å². The van der Waals surface area contributed by atoms with Crippen molar-refractivity contribution in [3.8, 4) is 0 Å². The molecule has 24 heavy (non-hydrogen) atoms. The molecule has 1 unspecified atom stereocenters. The summed E-state index contributed by atoms with van der Waals surface area (Å²) in [7, 11) is 2.00. The normalized spacial score (nSPS) is 23.7. The highest BCUT2D eigenvalue weighted by Crippen LogP contribution is 2.28. The minimum absolute atomic E-state index is 0.0349. The monoisotopic (exact) mass is 333 g/mol. The quantitative estimate of drug-likeness (QED) is 0.900. The number of carbonyl (C=O) groups is 1. The number of nitrogens with zero attached hydrogens (tertiary/aromatic N) is 2. The minimum atomic E-state index is -0.284. The summed E-state index contributed by atoms with van der Waals surface area (Å²) >= 11 is 0. The Labute approximate surface area is 144 Å². The van der Waals surface area contributed by atoms with Gasteiger partial charge in [-0.15, -0.1) is 0 Å². The molecule has 0 bridgehead atoms. The number of benzene rings is 1. The van der Waals surface area contributed by atoms with Crippen molar-refractivity contribution in [2.24, 2.45) is 5.92 Å². The molecule has 2 aliphatic rings. The van der Waals surface area contributed by atoms with Gasteiger partial charge in [0.25, 0.3) is 0 Å². The molecule has 1 amide bonds. The Kier molecular flexibility index (Phi) is 5.85. The number of likely N-dealkylation sites (tertiary alicyclic amines) is 1. The molecule has 0 radical (unpaired) electrons. The zero-order valence-corrected chi connectivity index (χ0v) is 14.5. The molecule has 0 saturated carbocycles. The van der Waals surface area contributed by atoms with Crippen LogP contribution < -0.4 is 10.2 Å². The van der Waals surface area contributed by atoms with Crippen molar-refractivity contribution < 1.29 is 9.18 Å². The third-order valence-corrected chi connectivity index (χ3v) is 5.42. The topological polar surface area (TPSA) is 35.6 Å². The Morgan fingerprint density at radius 1 is 1.21 bits per heavy atom. The molecule has 1 aromatic rings. The van der Waals surface area contributed by atoms with Crippen LogP contribution in [-0.4, -0.2) is 50.1 Å². The molecule has 2 heterocycles. The fourth-order valence-corrected chi connectivity index (χ4v) is 4.00. The number of halogens is 1. The van der Waals surface area contributed by atoms with E-state index in [1.165, 1.54) is 31.4 Å². The summed E-state index contributed by atoms with van der Waals surface area (Å²) in [6.45, 7) is 3.77. The molecular formula is C19H28FN3O. The summed E-state index contributed by atoms with van der Waals surface area (Å²) in [5.41, 5.74) is 0.689. The third kappa shape index (κ3) is 3.95. The lowest BCUT2D eigenvalue weighted by atomic mass is 9.91. The predicted octanol–water partition coefficient (Wildman–Crippen LogP) is 2.64. The van der Waals surface area contributed by atoms with E-state index in [0.717, 1.165) is 38.4 Å². The second-order valence-electron chi connectivity index (χ2n) is 7.00. The van der Waals surface area contributed by atoms with Crippen LogP contribution in [0, 0.1) is 11.7 Å². The van der Waals surface area contributed by atoms with Gasteiger partial charge in [-0.25, -0.2) is 4.39 Å². The molecule has 1 aromatic carbocycles. The van der Waals surface area contributed by atoms with Crippen LogP contribution in [0.4, 0.5) is 10.1 Å². The van der Waals surface area contributed by atoms with Crippen molar-refractivity contribution in [1.29, 1.82) is 0 Å². The zero-order valence-electron chi connectivity index (χ0n) is 14.5. The van der Waals surface area contributed by atoms with Gasteiger partial charge in [-0.1, -0.05) is 6.07 Å². The molecule has 132 valence electrons. The van der Waals surface area contributed by atoms with Crippen molar-refractivity contribution in [2.45, 2.75) is 38.1 Å². The summed E-state index contributed by atoms with van der Waals surface area (Å²) in [5, 5.41) is 3.22. The molecule has 2 fully saturated rings. The number of amides is 1. The highest BCUT2D eigenvalue weighted by Gasteiger charge is 2.35. The van der Waals surface area contributed by atoms with Crippen LogP contribution in [-0.2, 0) is 4.79 Å². The van der Waals surface area contributed by atoms with Gasteiger partial charge in [0.05, 0.1) is 6.04 Å². The van der Waals surface area contributed by atoms with Crippen LogP contribution in [0.5, 0.6) is 0 Å². The van der Waals surface area contributed by atoms with E-state index >= 15 is 0 Å². The van der Waals surface area contributed by atoms with Crippen molar-refractivity contribution in [3.05, 3.63) is 30.1 Å². The summed E-state index contributed by atoms with van der Waals surface area (Å²) < 4.78 is 13.5. The van der Waals surface area contributed by atoms with E-state index < -0.39 is 0 Å². The Morgan fingerprint density at radius 3 is 2.71 bits per heavy atom. The maximum Gasteiger partial charge on any atom is 0.244 e. The van der Waals surface area contributed by atoms with Crippen molar-refractivity contribution in [3.63, 3.8) is 0 Å². The first kappa shape index (κ1) is 17.4. The number of carbonyl (C=O) groups excluding carboxylic acids is 1. The van der Waals surface area contributed by atoms with Crippen LogP contribution in [0.2, 0.25) is 0 Å². The highest BCUT2D eigenvalue weighted by atomic mass is 19.1. The summed E-state index contributed by atoms with van der Waals surface area (Å²) in [4.78, 5) is 17.1. The van der Waals surface area contributed by atoms with Gasteiger partial charge in [-0.3, -0.25) is 9.69 Å². The van der Waals surface area contributed by atoms with Crippen molar-refractivity contribution in [1.82, 2.24) is 10.2 Å². The molecule has 2 saturated heterocycles. The van der Waals surface area contributed by atoms with Gasteiger partial charge in [-0.05, 0) is 82.9 Å². The smallest absolute Gasteiger partial charge is 0.244 e. The summed E-state index contributed by atoms with van der Waals surface area (Å²) in [6, 6.07) is 6.35. The first-order valence-electron chi connectivity index (χ1n) is 9.14. The zero-order chi connectivity index (χ0) is 16.9. The summed E-state index contributed by atoms with van der Waals surface area (Å²) in [6.07, 6.45) is 5.47. The average Bonchev–Trinajstić information content (AvgIpc) is 2.61. The van der Waals surface area contributed by atoms with Gasteiger partial charge >= 0.3 is 0 Å². The standard InChI is InChI=1S/C19H28FN3O/c1-21-10-7-15-8-12-22(13-9-15)18-6-3-11-23(19(18)24)17-5-2-4-16(20)14-17/h2,4-5,14-15,18,21H,3,6-13H2,1H3. The first-order valence-corrected chi connectivity index (χ1v) is 9.14. The predicted molar refractivity (Wildman–Crippen MR) is 94.6 cm³/mol. The highest BCUT2D eigenvalue weighted by molar-refractivity contribution is 5.97. The fourth-order valence-electron chi connectivity index (χ4n) is 4.00. The number of piperidine rings is 2. The fraction of sp³-hybridized carbons (Fsp3) is 0.632. The van der Waals surface area contributed by atoms with Gasteiger partial charge < -0.3 is 10.2 Å². The van der Waals surface area contributed by atoms with E-state index in [0.29, 0.717) is 12.2 Å². The van der Waals surface area contributed by atoms with Crippen molar-refractivity contribution >= 4 is 11.6 Å². The number of nitrogens with one attached hydrogen (secondary N) is 1. The van der Waals surface area contributed by atoms with Crippen LogP contribution >= 0.6 is 0 Å². The number of rotatable bonds is 5. The molecule has 0 aliphatic carbocycles. The Hall–Kier alpha value is -1.46. The van der Waals surface area contributed by atoms with Crippen LogP contribution in [0.3, 0.4) is 0 Å². The molecular weight excluding hydrogens is 305 g/mol. The molecule has 2 aliphatic heterocycles. The Balaban J connectivity index is 1.61. The van der Waals surface area contributed by atoms with Crippen LogP contribution in [0.25, 0.3) is 0 Å². The SMILES string of the molecule is CNCCC1CCN(C2CCCN(c3cccc(F)c3)C2=O)CC1. The van der Waals surface area contributed by atoms with Gasteiger partial charge in [-0.2, -0.15) is 0 Å². The van der Waals surface area contributed by atoms with E-state index in [1.54, 1.807) is 11.0 Å². The molecule has 4 nitrogen and oxygen atoms in total. The maximum absolute atomic E-state index is 13.5. The number of anilines is 1. The molecule has 3 rings (SSSR count). The first-order chi connectivity index (χ1) is 11.7. The van der Waals surface area contributed by atoms with Crippen LogP contribution in [0.1, 0.15) is 32.1 Å². The third-order valence-electron chi connectivity index (χ3n) is 5.42. The molecule has 5 heteroatoms. The molecule has 1 N–H and O–H groups in total. The van der Waals surface area contributed by atoms with Crippen molar-refractivity contribution in [2.75, 3.05) is 38.1 Å². The number of hydrogen-bond donors (Lipinski definition) is 1. The minimum Gasteiger partial charge on any atom is -0.320 e. The molecule has 1 atom stereocenters. The van der Waals surface area contributed by atoms with Gasteiger partial charge in [0, 0.05) is 12.2 Å². The van der Waals surface area contributed by atoms with E-state index in [2.05, 4.69) is 10.2 Å². The lowest BCUT2D eigenvalue weighted by Crippen LogP contribution is -2.54. The van der Waals surface area contributed by atoms with E-state index in [1.807, 2.05) is 13.1 Å². The molecule has 0 aromatic heterocycles. The molecule has 0 spiro atoms. The number of hydrogen-bond acceptors (Lipinski definition) is 3. The Morgan fingerprint density at radius 2 is 2.00 bits per heavy atom. The largest absolute Gasteiger partial charge is 0.320 e. The second-order valence-corrected chi connectivity index (χ2v) is 7.00. The average molecular weight is 333 g/mol. The van der Waals surface area contributed by atoms with E-state index in [-0.39, 0.29) is 17.8 Å². The lowest BCUT2D eigenvalue weighted by molar-refractivity contribution is -0.126. The summed E-state index contributed by atoms with van der Waals surface area (Å²) in [5.74, 6) is 0.625. The van der Waals surface area contributed by atoms with E-state index in [9.17, 15) is 9.18 Å². The second kappa shape index (κ2) is 8.08. The van der Waals surface area contributed by atoms with Crippen LogP contribution in [0.15, 0.2) is 24.3 Å². The van der Waals surface area contributed by atoms with Gasteiger partial charge in [0.2, 0.25) is 5.91 Å². The van der Waals surface area contributed by atoms with Gasteiger partial charge in [0.15, 0.2) is 0 Å². The Bertz CT molecular complexity index is 557. The maximum atomic E-state index is 13.5.